The zero-order chi connectivity index (χ0) is 36.6. The summed E-state index contributed by atoms with van der Waals surface area (Å²) in [4.78, 5) is 27.6. The lowest BCUT2D eigenvalue weighted by atomic mass is 9.88. The number of thioether (sulfide) groups is 1. The molecule has 8 nitrogen and oxygen atoms in total. The summed E-state index contributed by atoms with van der Waals surface area (Å²) in [6, 6.07) is 23.1. The fraction of sp³-hybridized carbons (Fsp3) is 0.282. The first-order valence-electron chi connectivity index (χ1n) is 16.3. The minimum atomic E-state index is -4.77. The van der Waals surface area contributed by atoms with Gasteiger partial charge >= 0.3 is 12.3 Å². The van der Waals surface area contributed by atoms with Gasteiger partial charge in [0.15, 0.2) is 0 Å². The quantitative estimate of drug-likeness (QED) is 0.133. The lowest BCUT2D eigenvalue weighted by molar-refractivity contribution is -0.274. The molecule has 0 spiro atoms. The van der Waals surface area contributed by atoms with E-state index >= 15 is 0 Å². The highest BCUT2D eigenvalue weighted by molar-refractivity contribution is 8.00. The predicted molar refractivity (Wildman–Crippen MR) is 192 cm³/mol. The highest BCUT2D eigenvalue weighted by atomic mass is 32.2. The first-order valence-corrected chi connectivity index (χ1v) is 17.1. The Morgan fingerprint density at radius 2 is 1.55 bits per heavy atom. The van der Waals surface area contributed by atoms with E-state index in [9.17, 15) is 23.1 Å². The number of pyridine rings is 3. The van der Waals surface area contributed by atoms with Crippen LogP contribution in [0.1, 0.15) is 51.7 Å². The van der Waals surface area contributed by atoms with E-state index in [4.69, 9.17) is 14.7 Å². The van der Waals surface area contributed by atoms with Crippen molar-refractivity contribution in [1.82, 2.24) is 19.5 Å². The number of fused-ring (bicyclic) bond motifs is 2. The lowest BCUT2D eigenvalue weighted by Crippen LogP contribution is -2.28. The normalized spacial score (nSPS) is 12.4. The van der Waals surface area contributed by atoms with Gasteiger partial charge in [-0.3, -0.25) is 9.78 Å². The van der Waals surface area contributed by atoms with Crippen LogP contribution < -0.4 is 9.47 Å². The Morgan fingerprint density at radius 3 is 2.22 bits per heavy atom. The fourth-order valence-corrected chi connectivity index (χ4v) is 6.78. The van der Waals surface area contributed by atoms with Crippen molar-refractivity contribution in [2.45, 2.75) is 70.2 Å². The number of halogens is 3. The Labute approximate surface area is 297 Å². The highest BCUT2D eigenvalue weighted by Gasteiger charge is 2.33. The van der Waals surface area contributed by atoms with Crippen molar-refractivity contribution >= 4 is 39.7 Å². The van der Waals surface area contributed by atoms with Gasteiger partial charge in [-0.1, -0.05) is 63.2 Å². The number of rotatable bonds is 11. The third-order valence-corrected chi connectivity index (χ3v) is 9.41. The first-order chi connectivity index (χ1) is 24.0. The fourth-order valence-electron chi connectivity index (χ4n) is 5.61. The maximum absolute atomic E-state index is 12.6. The molecule has 6 aromatic rings. The highest BCUT2D eigenvalue weighted by Crippen LogP contribution is 2.43. The second kappa shape index (κ2) is 13.9. The SMILES string of the molecule is CC(C)(C)Sc1c(CC(C)(C)C(=O)O)n(Cc2ccc(-c3ccc(OC(F)(F)F)cc3)cn2)c2ncc(OCc3ccc4ccccc4n3)cc12. The van der Waals surface area contributed by atoms with Crippen molar-refractivity contribution in [3.05, 3.63) is 108 Å². The van der Waals surface area contributed by atoms with Gasteiger partial charge in [0.1, 0.15) is 23.8 Å². The number of para-hydroxylation sites is 1. The minimum absolute atomic E-state index is 0.215. The minimum Gasteiger partial charge on any atom is -0.486 e. The maximum atomic E-state index is 12.6. The van der Waals surface area contributed by atoms with Crippen molar-refractivity contribution in [3.8, 4) is 22.6 Å². The zero-order valence-electron chi connectivity index (χ0n) is 28.8. The number of benzene rings is 2. The third kappa shape index (κ3) is 8.62. The number of alkyl halides is 3. The average Bonchev–Trinajstić information content (AvgIpc) is 3.32. The van der Waals surface area contributed by atoms with Crippen LogP contribution >= 0.6 is 11.8 Å². The van der Waals surface area contributed by atoms with E-state index in [2.05, 4.69) is 30.5 Å². The molecule has 0 aliphatic carbocycles. The van der Waals surface area contributed by atoms with Gasteiger partial charge in [-0.25, -0.2) is 9.97 Å². The molecule has 0 fully saturated rings. The van der Waals surface area contributed by atoms with E-state index in [1.807, 2.05) is 59.2 Å². The van der Waals surface area contributed by atoms with Crippen LogP contribution in [0.3, 0.4) is 0 Å². The van der Waals surface area contributed by atoms with E-state index in [-0.39, 0.29) is 23.5 Å². The van der Waals surface area contributed by atoms with Gasteiger partial charge in [-0.15, -0.1) is 24.9 Å². The number of ether oxygens (including phenoxy) is 2. The monoisotopic (exact) mass is 714 g/mol. The summed E-state index contributed by atoms with van der Waals surface area (Å²) in [6.45, 7) is 10.3. The van der Waals surface area contributed by atoms with Crippen molar-refractivity contribution in [2.75, 3.05) is 0 Å². The predicted octanol–water partition coefficient (Wildman–Crippen LogP) is 9.72. The van der Waals surface area contributed by atoms with E-state index in [1.165, 1.54) is 12.1 Å². The molecule has 4 aromatic heterocycles. The number of hydrogen-bond acceptors (Lipinski definition) is 7. The molecule has 0 amide bonds. The van der Waals surface area contributed by atoms with Gasteiger partial charge in [-0.2, -0.15) is 0 Å². The molecule has 1 N–H and O–H groups in total. The molecule has 0 unspecified atom stereocenters. The van der Waals surface area contributed by atoms with Crippen molar-refractivity contribution in [3.63, 3.8) is 0 Å². The van der Waals surface area contributed by atoms with Crippen LogP contribution in [0.5, 0.6) is 11.5 Å². The molecule has 0 aliphatic heterocycles. The lowest BCUT2D eigenvalue weighted by Gasteiger charge is -2.24. The smallest absolute Gasteiger partial charge is 0.486 e. The number of aromatic nitrogens is 4. The van der Waals surface area contributed by atoms with Crippen LogP contribution in [0.15, 0.2) is 96.2 Å². The van der Waals surface area contributed by atoms with Gasteiger partial charge in [-0.05, 0) is 55.8 Å². The summed E-state index contributed by atoms with van der Waals surface area (Å²) in [7, 11) is 0. The molecule has 4 heterocycles. The third-order valence-electron chi connectivity index (χ3n) is 8.14. The van der Waals surface area contributed by atoms with Crippen molar-refractivity contribution < 1.29 is 32.5 Å². The van der Waals surface area contributed by atoms with Crippen LogP contribution in [0.2, 0.25) is 0 Å². The largest absolute Gasteiger partial charge is 0.573 e. The first kappa shape index (κ1) is 35.7. The Hall–Kier alpha value is -5.10. The summed E-state index contributed by atoms with van der Waals surface area (Å²) in [6.07, 6.45) is -1.21. The zero-order valence-corrected chi connectivity index (χ0v) is 29.6. The second-order valence-corrected chi connectivity index (χ2v) is 15.7. The summed E-state index contributed by atoms with van der Waals surface area (Å²) >= 11 is 1.65. The molecule has 0 atom stereocenters. The Kier molecular flexibility index (Phi) is 9.73. The topological polar surface area (TPSA) is 99.4 Å². The van der Waals surface area contributed by atoms with E-state index < -0.39 is 17.7 Å². The number of carboxylic acids is 1. The molecule has 0 saturated heterocycles. The number of carbonyl (C=O) groups is 1. The van der Waals surface area contributed by atoms with E-state index in [1.54, 1.807) is 50.1 Å². The van der Waals surface area contributed by atoms with Gasteiger partial charge in [0.25, 0.3) is 0 Å². The molecular formula is C39H37F3N4O4S. The van der Waals surface area contributed by atoms with Crippen LogP contribution in [0, 0.1) is 5.41 Å². The number of aliphatic carboxylic acids is 1. The summed E-state index contributed by atoms with van der Waals surface area (Å²) in [5.74, 6) is -0.661. The van der Waals surface area contributed by atoms with E-state index in [0.29, 0.717) is 34.8 Å². The Bertz CT molecular complexity index is 2190. The Morgan fingerprint density at radius 1 is 0.843 bits per heavy atom. The number of hydrogen-bond donors (Lipinski definition) is 1. The molecule has 0 aliphatic rings. The molecule has 2 aromatic carbocycles. The van der Waals surface area contributed by atoms with Crippen molar-refractivity contribution in [2.24, 2.45) is 5.41 Å². The molecule has 264 valence electrons. The van der Waals surface area contributed by atoms with Crippen LogP contribution in [-0.4, -0.2) is 41.7 Å². The molecule has 6 rings (SSSR count). The summed E-state index contributed by atoms with van der Waals surface area (Å²) in [5.41, 5.74) is 4.15. The molecular weight excluding hydrogens is 678 g/mol. The number of carboxylic acid groups (broad SMARTS) is 1. The van der Waals surface area contributed by atoms with Gasteiger partial charge in [0.2, 0.25) is 0 Å². The summed E-state index contributed by atoms with van der Waals surface area (Å²) in [5, 5.41) is 12.0. The van der Waals surface area contributed by atoms with Crippen LogP contribution in [0.25, 0.3) is 33.1 Å². The van der Waals surface area contributed by atoms with Crippen LogP contribution in [-0.2, 0) is 24.4 Å². The van der Waals surface area contributed by atoms with Gasteiger partial charge in [0.05, 0.1) is 35.1 Å². The maximum Gasteiger partial charge on any atom is 0.573 e. The average molecular weight is 715 g/mol. The van der Waals surface area contributed by atoms with Gasteiger partial charge in [0, 0.05) is 44.3 Å². The van der Waals surface area contributed by atoms with Gasteiger partial charge < -0.3 is 19.1 Å². The molecule has 51 heavy (non-hydrogen) atoms. The van der Waals surface area contributed by atoms with Crippen LogP contribution in [0.4, 0.5) is 13.2 Å². The number of nitrogens with zero attached hydrogens (tertiary/aromatic N) is 4. The summed E-state index contributed by atoms with van der Waals surface area (Å²) < 4.78 is 49.8. The van der Waals surface area contributed by atoms with Crippen molar-refractivity contribution in [1.29, 1.82) is 0 Å². The molecule has 0 radical (unpaired) electrons. The standard InChI is InChI=1S/C39H37F3N4O4S/c1-37(2,3)51-34-31-18-30(49-23-28-15-10-25-8-6-7-9-32(25)45-28)21-44-35(31)46(33(34)19-38(4,5)36(47)48)22-27-14-11-26(20-43-27)24-12-16-29(17-13-24)50-39(40,41)42/h6-18,20-21H,19,22-23H2,1-5H3,(H,47,48). The molecule has 0 bridgehead atoms. The molecule has 0 saturated carbocycles. The van der Waals surface area contributed by atoms with E-state index in [0.717, 1.165) is 32.6 Å². The second-order valence-electron chi connectivity index (χ2n) is 13.9. The molecule has 12 heteroatoms. The Balaban J connectivity index is 1.35.